The maximum Gasteiger partial charge on any atom is 0.393 e. The van der Waals surface area contributed by atoms with Gasteiger partial charge in [0.25, 0.3) is 0 Å². The van der Waals surface area contributed by atoms with Gasteiger partial charge in [-0.2, -0.15) is 13.2 Å². The van der Waals surface area contributed by atoms with Gasteiger partial charge in [0.2, 0.25) is 0 Å². The largest absolute Gasteiger partial charge is 0.393 e. The van der Waals surface area contributed by atoms with Crippen LogP contribution in [0, 0.1) is 19.8 Å². The highest BCUT2D eigenvalue weighted by Gasteiger charge is 2.42. The predicted molar refractivity (Wildman–Crippen MR) is 75.3 cm³/mol. The van der Waals surface area contributed by atoms with Crippen LogP contribution in [0.4, 0.5) is 23.7 Å². The first-order valence-corrected chi connectivity index (χ1v) is 6.98. The topological polar surface area (TPSA) is 32.3 Å². The average Bonchev–Trinajstić information content (AvgIpc) is 2.43. The first-order valence-electron chi connectivity index (χ1n) is 6.98. The number of anilines is 1. The summed E-state index contributed by atoms with van der Waals surface area (Å²) in [6.45, 7) is 3.90. The molecule has 1 N–H and O–H groups in total. The summed E-state index contributed by atoms with van der Waals surface area (Å²) < 4.78 is 38.3. The zero-order chi connectivity index (χ0) is 15.6. The quantitative estimate of drug-likeness (QED) is 0.831. The van der Waals surface area contributed by atoms with E-state index in [2.05, 4.69) is 5.32 Å². The molecule has 2 rings (SSSR count). The minimum Gasteiger partial charge on any atom is -0.324 e. The lowest BCUT2D eigenvalue weighted by atomic mass is 9.98. The van der Waals surface area contributed by atoms with Crippen LogP contribution in [0.3, 0.4) is 0 Å². The minimum absolute atomic E-state index is 0.0940. The molecule has 0 spiro atoms. The summed E-state index contributed by atoms with van der Waals surface area (Å²) in [5, 5.41) is 2.71. The Hall–Kier alpha value is -1.72. The summed E-state index contributed by atoms with van der Waals surface area (Å²) in [7, 11) is 0. The zero-order valence-electron chi connectivity index (χ0n) is 12.1. The number of benzene rings is 1. The van der Waals surface area contributed by atoms with Crippen molar-refractivity contribution in [3.05, 3.63) is 29.3 Å². The fraction of sp³-hybridized carbons (Fsp3) is 0.533. The van der Waals surface area contributed by atoms with Crippen LogP contribution in [-0.2, 0) is 0 Å². The summed E-state index contributed by atoms with van der Waals surface area (Å²) in [6.07, 6.45) is -3.76. The molecule has 0 aliphatic carbocycles. The van der Waals surface area contributed by atoms with Crippen molar-refractivity contribution < 1.29 is 18.0 Å². The number of nitrogens with one attached hydrogen (secondary N) is 1. The normalized spacial score (nSPS) is 19.5. The van der Waals surface area contributed by atoms with Crippen LogP contribution in [-0.4, -0.2) is 30.2 Å². The molecule has 0 saturated carbocycles. The second-order valence-electron chi connectivity index (χ2n) is 5.50. The third kappa shape index (κ3) is 3.68. The molecule has 1 aliphatic rings. The number of aryl methyl sites for hydroxylation is 1. The van der Waals surface area contributed by atoms with E-state index < -0.39 is 18.1 Å². The summed E-state index contributed by atoms with van der Waals surface area (Å²) in [5.74, 6) is -1.42. The van der Waals surface area contributed by atoms with Gasteiger partial charge in [-0.1, -0.05) is 12.1 Å². The first-order chi connectivity index (χ1) is 9.79. The number of hydrogen-bond donors (Lipinski definition) is 1. The van der Waals surface area contributed by atoms with E-state index in [-0.39, 0.29) is 13.0 Å². The van der Waals surface area contributed by atoms with Gasteiger partial charge < -0.3 is 10.2 Å². The van der Waals surface area contributed by atoms with Gasteiger partial charge in [0.05, 0.1) is 5.92 Å². The zero-order valence-corrected chi connectivity index (χ0v) is 12.1. The molecule has 1 heterocycles. The Kier molecular flexibility index (Phi) is 4.44. The molecule has 2 amide bonds. The summed E-state index contributed by atoms with van der Waals surface area (Å²) in [5.41, 5.74) is 2.60. The van der Waals surface area contributed by atoms with E-state index in [9.17, 15) is 18.0 Å². The second-order valence-corrected chi connectivity index (χ2v) is 5.50. The molecule has 21 heavy (non-hydrogen) atoms. The Balaban J connectivity index is 2.05. The molecule has 0 unspecified atom stereocenters. The number of hydrogen-bond acceptors (Lipinski definition) is 1. The van der Waals surface area contributed by atoms with E-state index in [4.69, 9.17) is 0 Å². The lowest BCUT2D eigenvalue weighted by molar-refractivity contribution is -0.183. The smallest absolute Gasteiger partial charge is 0.324 e. The van der Waals surface area contributed by atoms with Gasteiger partial charge in [0, 0.05) is 18.8 Å². The number of halogens is 3. The van der Waals surface area contributed by atoms with Crippen LogP contribution in [0.15, 0.2) is 18.2 Å². The van der Waals surface area contributed by atoms with Crippen LogP contribution in [0.5, 0.6) is 0 Å². The molecule has 6 heteroatoms. The monoisotopic (exact) mass is 300 g/mol. The van der Waals surface area contributed by atoms with Crippen molar-refractivity contribution in [1.29, 1.82) is 0 Å². The molecule has 0 radical (unpaired) electrons. The number of carbonyl (C=O) groups is 1. The number of amides is 2. The summed E-state index contributed by atoms with van der Waals surface area (Å²) >= 11 is 0. The van der Waals surface area contributed by atoms with Crippen LogP contribution < -0.4 is 5.32 Å². The van der Waals surface area contributed by atoms with Crippen molar-refractivity contribution in [3.63, 3.8) is 0 Å². The van der Waals surface area contributed by atoms with Gasteiger partial charge in [-0.15, -0.1) is 0 Å². The number of likely N-dealkylation sites (tertiary alicyclic amines) is 1. The summed E-state index contributed by atoms with van der Waals surface area (Å²) in [6, 6.07) is 5.03. The maximum atomic E-state index is 12.8. The Morgan fingerprint density at radius 3 is 2.71 bits per heavy atom. The van der Waals surface area contributed by atoms with Crippen molar-refractivity contribution in [2.75, 3.05) is 18.4 Å². The molecule has 0 bridgehead atoms. The molecular weight excluding hydrogens is 281 g/mol. The lowest BCUT2D eigenvalue weighted by Gasteiger charge is -2.33. The van der Waals surface area contributed by atoms with Crippen LogP contribution in [0.2, 0.25) is 0 Å². The highest BCUT2D eigenvalue weighted by Crippen LogP contribution is 2.33. The minimum atomic E-state index is -4.24. The molecule has 1 saturated heterocycles. The Labute approximate surface area is 122 Å². The molecule has 116 valence electrons. The molecule has 1 fully saturated rings. The third-order valence-electron chi connectivity index (χ3n) is 4.02. The summed E-state index contributed by atoms with van der Waals surface area (Å²) in [4.78, 5) is 13.4. The van der Waals surface area contributed by atoms with Crippen LogP contribution in [0.1, 0.15) is 24.0 Å². The third-order valence-corrected chi connectivity index (χ3v) is 4.02. The van der Waals surface area contributed by atoms with Gasteiger partial charge >= 0.3 is 12.2 Å². The Morgan fingerprint density at radius 2 is 2.05 bits per heavy atom. The molecular formula is C15H19F3N2O. The second kappa shape index (κ2) is 5.95. The first kappa shape index (κ1) is 15.7. The highest BCUT2D eigenvalue weighted by atomic mass is 19.4. The van der Waals surface area contributed by atoms with Crippen molar-refractivity contribution in [3.8, 4) is 0 Å². The van der Waals surface area contributed by atoms with E-state index in [1.165, 1.54) is 4.90 Å². The number of carbonyl (C=O) groups excluding carboxylic acids is 1. The molecule has 1 aliphatic heterocycles. The Morgan fingerprint density at radius 1 is 1.33 bits per heavy atom. The predicted octanol–water partition coefficient (Wildman–Crippen LogP) is 4.11. The fourth-order valence-corrected chi connectivity index (χ4v) is 2.51. The molecule has 0 aromatic heterocycles. The van der Waals surface area contributed by atoms with Crippen LogP contribution in [0.25, 0.3) is 0 Å². The molecule has 1 aromatic carbocycles. The van der Waals surface area contributed by atoms with Crippen molar-refractivity contribution in [2.24, 2.45) is 5.92 Å². The van der Waals surface area contributed by atoms with E-state index in [0.29, 0.717) is 18.7 Å². The van der Waals surface area contributed by atoms with Crippen molar-refractivity contribution in [2.45, 2.75) is 32.9 Å². The maximum absolute atomic E-state index is 12.8. The van der Waals surface area contributed by atoms with Gasteiger partial charge in [0.15, 0.2) is 0 Å². The number of urea groups is 1. The number of piperidine rings is 1. The van der Waals surface area contributed by atoms with Gasteiger partial charge in [-0.05, 0) is 43.9 Å². The molecule has 3 nitrogen and oxygen atoms in total. The van der Waals surface area contributed by atoms with Gasteiger partial charge in [0.1, 0.15) is 0 Å². The SMILES string of the molecule is Cc1cccc(NC(=O)N2CCC[C@@H](C(F)(F)F)C2)c1C. The standard InChI is InChI=1S/C15H19F3N2O/c1-10-5-3-7-13(11(10)2)19-14(21)20-8-4-6-12(9-20)15(16,17)18/h3,5,7,12H,4,6,8-9H2,1-2H3,(H,19,21)/t12-/m1/s1. The lowest BCUT2D eigenvalue weighted by Crippen LogP contribution is -2.46. The van der Waals surface area contributed by atoms with E-state index >= 15 is 0 Å². The average molecular weight is 300 g/mol. The number of nitrogens with zero attached hydrogens (tertiary/aromatic N) is 1. The Bertz CT molecular complexity index is 528. The van der Waals surface area contributed by atoms with E-state index in [1.807, 2.05) is 26.0 Å². The van der Waals surface area contributed by atoms with Crippen molar-refractivity contribution >= 4 is 11.7 Å². The van der Waals surface area contributed by atoms with E-state index in [1.54, 1.807) is 6.07 Å². The fourth-order valence-electron chi connectivity index (χ4n) is 2.51. The van der Waals surface area contributed by atoms with Gasteiger partial charge in [-0.3, -0.25) is 0 Å². The number of alkyl halides is 3. The van der Waals surface area contributed by atoms with Crippen molar-refractivity contribution in [1.82, 2.24) is 4.90 Å². The molecule has 1 atom stereocenters. The van der Waals surface area contributed by atoms with Crippen LogP contribution >= 0.6 is 0 Å². The molecule has 1 aromatic rings. The highest BCUT2D eigenvalue weighted by molar-refractivity contribution is 5.90. The van der Waals surface area contributed by atoms with Gasteiger partial charge in [-0.25, -0.2) is 4.79 Å². The van der Waals surface area contributed by atoms with E-state index in [0.717, 1.165) is 11.1 Å². The number of rotatable bonds is 1.